The first-order valence-electron chi connectivity index (χ1n) is 4.19. The van der Waals surface area contributed by atoms with Crippen molar-refractivity contribution in [3.05, 3.63) is 30.0 Å². The maximum Gasteiger partial charge on any atom is 0.297 e. The lowest BCUT2D eigenvalue weighted by Gasteiger charge is -2.00. The fourth-order valence-electron chi connectivity index (χ4n) is 1.02. The molecule has 0 amide bonds. The molecule has 0 aliphatic rings. The molecule has 6 nitrogen and oxygen atoms in total. The summed E-state index contributed by atoms with van der Waals surface area (Å²) in [6, 6.07) is 1.36. The van der Waals surface area contributed by atoms with E-state index >= 15 is 0 Å². The van der Waals surface area contributed by atoms with Crippen LogP contribution in [0.4, 0.5) is 8.78 Å². The zero-order valence-electron chi connectivity index (χ0n) is 7.79. The van der Waals surface area contributed by atoms with E-state index in [1.165, 1.54) is 18.5 Å². The topological polar surface area (TPSA) is 73.6 Å². The molecule has 2 aromatic rings. The summed E-state index contributed by atoms with van der Waals surface area (Å²) < 4.78 is 24.6. The number of carbonyl (C=O) groups excluding carboxylic acids is 1. The third-order valence-electron chi connectivity index (χ3n) is 1.69. The predicted octanol–water partition coefficient (Wildman–Crippen LogP) is 0.807. The minimum Gasteiger partial charge on any atom is -0.296 e. The third-order valence-corrected chi connectivity index (χ3v) is 1.69. The molecule has 82 valence electrons. The van der Waals surface area contributed by atoms with Crippen molar-refractivity contribution in [1.29, 1.82) is 0 Å². The number of alkyl halides is 2. The second-order valence-corrected chi connectivity index (χ2v) is 2.75. The summed E-state index contributed by atoms with van der Waals surface area (Å²) in [6.07, 6.45) is 0.116. The van der Waals surface area contributed by atoms with E-state index in [1.807, 2.05) is 0 Å². The van der Waals surface area contributed by atoms with Crippen molar-refractivity contribution in [2.45, 2.75) is 6.43 Å². The summed E-state index contributed by atoms with van der Waals surface area (Å²) in [7, 11) is 0. The molecule has 0 radical (unpaired) electrons. The van der Waals surface area contributed by atoms with E-state index in [1.54, 1.807) is 0 Å². The Labute approximate surface area is 87.9 Å². The normalized spacial score (nSPS) is 10.7. The van der Waals surface area contributed by atoms with Crippen molar-refractivity contribution in [1.82, 2.24) is 25.0 Å². The lowest BCUT2D eigenvalue weighted by atomic mass is 10.5. The second-order valence-electron chi connectivity index (χ2n) is 2.75. The van der Waals surface area contributed by atoms with Crippen LogP contribution in [0.1, 0.15) is 22.7 Å². The minimum absolute atomic E-state index is 0.0819. The van der Waals surface area contributed by atoms with Gasteiger partial charge in [0.15, 0.2) is 17.9 Å². The first-order chi connectivity index (χ1) is 7.70. The molecule has 0 aromatic carbocycles. The van der Waals surface area contributed by atoms with Crippen LogP contribution < -0.4 is 0 Å². The van der Waals surface area contributed by atoms with Gasteiger partial charge in [-0.2, -0.15) is 5.10 Å². The third kappa shape index (κ3) is 1.90. The highest BCUT2D eigenvalue weighted by molar-refractivity contribution is 5.70. The summed E-state index contributed by atoms with van der Waals surface area (Å²) >= 11 is 0. The number of aldehydes is 1. The Morgan fingerprint density at radius 1 is 1.44 bits per heavy atom. The Hall–Kier alpha value is -2.25. The molecule has 0 fully saturated rings. The Balaban J connectivity index is 2.39. The van der Waals surface area contributed by atoms with Crippen LogP contribution in [0.5, 0.6) is 0 Å². The fourth-order valence-corrected chi connectivity index (χ4v) is 1.02. The zero-order valence-corrected chi connectivity index (χ0v) is 7.79. The number of carbonyl (C=O) groups is 1. The van der Waals surface area contributed by atoms with Crippen molar-refractivity contribution in [2.75, 3.05) is 0 Å². The highest BCUT2D eigenvalue weighted by Gasteiger charge is 2.12. The molecule has 8 heteroatoms. The molecular weight excluding hydrogens is 220 g/mol. The summed E-state index contributed by atoms with van der Waals surface area (Å²) in [6.45, 7) is 0. The van der Waals surface area contributed by atoms with Crippen LogP contribution >= 0.6 is 0 Å². The molecule has 0 N–H and O–H groups in total. The molecule has 0 saturated heterocycles. The van der Waals surface area contributed by atoms with Gasteiger partial charge in [-0.3, -0.25) is 4.79 Å². The molecule has 2 aromatic heterocycles. The molecule has 2 heterocycles. The van der Waals surface area contributed by atoms with Gasteiger partial charge in [-0.15, -0.1) is 9.90 Å². The van der Waals surface area contributed by atoms with Gasteiger partial charge in [0, 0.05) is 12.3 Å². The van der Waals surface area contributed by atoms with Gasteiger partial charge >= 0.3 is 0 Å². The fraction of sp³-hybridized carbons (Fsp3) is 0.125. The van der Waals surface area contributed by atoms with Gasteiger partial charge in [0.05, 0.1) is 6.20 Å². The molecule has 0 unspecified atom stereocenters. The van der Waals surface area contributed by atoms with Crippen molar-refractivity contribution in [3.8, 4) is 5.82 Å². The minimum atomic E-state index is -2.76. The second kappa shape index (κ2) is 4.09. The number of halogens is 2. The van der Waals surface area contributed by atoms with Crippen LogP contribution in [-0.2, 0) is 0 Å². The monoisotopic (exact) mass is 225 g/mol. The van der Waals surface area contributed by atoms with Crippen molar-refractivity contribution in [2.24, 2.45) is 0 Å². The number of hydrogen-bond donors (Lipinski definition) is 0. The number of rotatable bonds is 3. The maximum atomic E-state index is 12.3. The highest BCUT2D eigenvalue weighted by Crippen LogP contribution is 2.14. The van der Waals surface area contributed by atoms with Gasteiger partial charge < -0.3 is 0 Å². The van der Waals surface area contributed by atoms with Crippen LogP contribution in [0.25, 0.3) is 5.82 Å². The molecule has 0 atom stereocenters. The van der Waals surface area contributed by atoms with Crippen LogP contribution in [0, 0.1) is 0 Å². The molecule has 0 aliphatic carbocycles. The van der Waals surface area contributed by atoms with E-state index in [0.29, 0.717) is 6.29 Å². The summed E-state index contributed by atoms with van der Waals surface area (Å²) in [5, 5.41) is 7.40. The van der Waals surface area contributed by atoms with Gasteiger partial charge in [0.1, 0.15) is 5.69 Å². The first-order valence-corrected chi connectivity index (χ1v) is 4.19. The van der Waals surface area contributed by atoms with Gasteiger partial charge in [0.2, 0.25) is 0 Å². The van der Waals surface area contributed by atoms with Crippen LogP contribution in [0.15, 0.2) is 18.5 Å². The van der Waals surface area contributed by atoms with E-state index in [9.17, 15) is 13.6 Å². The van der Waals surface area contributed by atoms with Crippen molar-refractivity contribution >= 4 is 6.29 Å². The Morgan fingerprint density at radius 2 is 2.25 bits per heavy atom. The number of hydrogen-bond acceptors (Lipinski definition) is 5. The van der Waals surface area contributed by atoms with Gasteiger partial charge in [-0.25, -0.2) is 18.7 Å². The summed E-state index contributed by atoms with van der Waals surface area (Å²) in [5.41, 5.74) is 0.0946. The maximum absolute atomic E-state index is 12.3. The van der Waals surface area contributed by atoms with E-state index < -0.39 is 12.2 Å². The standard InChI is InChI=1S/C8H5F2N5O/c9-7(10)8-11-2-1-6(13-8)15-12-3-5(4-16)14-15/h1-4,7H. The van der Waals surface area contributed by atoms with E-state index in [-0.39, 0.29) is 11.5 Å². The zero-order chi connectivity index (χ0) is 11.5. The average Bonchev–Trinajstić information content (AvgIpc) is 2.77. The van der Waals surface area contributed by atoms with Crippen molar-refractivity contribution in [3.63, 3.8) is 0 Å². The molecule has 0 spiro atoms. The highest BCUT2D eigenvalue weighted by atomic mass is 19.3. The van der Waals surface area contributed by atoms with E-state index in [4.69, 9.17) is 0 Å². The first kappa shape index (κ1) is 10.3. The predicted molar refractivity (Wildman–Crippen MR) is 47.3 cm³/mol. The van der Waals surface area contributed by atoms with Gasteiger partial charge in [0.25, 0.3) is 6.43 Å². The van der Waals surface area contributed by atoms with Gasteiger partial charge in [-0.1, -0.05) is 0 Å². The number of aromatic nitrogens is 5. The molecular formula is C8H5F2N5O. The summed E-state index contributed by atoms with van der Waals surface area (Å²) in [5.74, 6) is -0.527. The van der Waals surface area contributed by atoms with Crippen molar-refractivity contribution < 1.29 is 13.6 Å². The molecule has 0 aliphatic heterocycles. The van der Waals surface area contributed by atoms with E-state index in [0.717, 1.165) is 4.80 Å². The SMILES string of the molecule is O=Cc1cnn(-c2ccnc(C(F)F)n2)n1. The Bertz CT molecular complexity index is 513. The molecule has 0 bridgehead atoms. The Morgan fingerprint density at radius 3 is 2.88 bits per heavy atom. The van der Waals surface area contributed by atoms with Gasteiger partial charge in [-0.05, 0) is 0 Å². The van der Waals surface area contributed by atoms with Crippen LogP contribution in [0.3, 0.4) is 0 Å². The smallest absolute Gasteiger partial charge is 0.296 e. The molecule has 0 saturated carbocycles. The quantitative estimate of drug-likeness (QED) is 0.722. The Kier molecular flexibility index (Phi) is 2.63. The van der Waals surface area contributed by atoms with E-state index in [2.05, 4.69) is 20.2 Å². The average molecular weight is 225 g/mol. The van der Waals surface area contributed by atoms with Crippen LogP contribution in [0.2, 0.25) is 0 Å². The molecule has 16 heavy (non-hydrogen) atoms. The van der Waals surface area contributed by atoms with Crippen LogP contribution in [-0.4, -0.2) is 31.2 Å². The largest absolute Gasteiger partial charge is 0.297 e. The lowest BCUT2D eigenvalue weighted by molar-refractivity contribution is 0.111. The molecule has 2 rings (SSSR count). The lowest BCUT2D eigenvalue weighted by Crippen LogP contribution is -2.05. The number of nitrogens with zero attached hydrogens (tertiary/aromatic N) is 5. The summed E-state index contributed by atoms with van der Waals surface area (Å²) in [4.78, 5) is 18.3.